The molecule has 2 rings (SSSR count). The summed E-state index contributed by atoms with van der Waals surface area (Å²) in [5.41, 5.74) is 0.684. The molecular formula is C14H13NO6S. The molecule has 0 aliphatic rings. The van der Waals surface area contributed by atoms with E-state index in [1.165, 1.54) is 25.3 Å². The van der Waals surface area contributed by atoms with E-state index in [1.54, 1.807) is 12.1 Å². The molecule has 0 heterocycles. The van der Waals surface area contributed by atoms with Crippen LogP contribution >= 0.6 is 0 Å². The van der Waals surface area contributed by atoms with Gasteiger partial charge in [-0.15, -0.1) is 0 Å². The van der Waals surface area contributed by atoms with Crippen molar-refractivity contribution in [1.29, 1.82) is 0 Å². The van der Waals surface area contributed by atoms with Gasteiger partial charge in [-0.25, -0.2) is 0 Å². The fourth-order valence-electron chi connectivity index (χ4n) is 1.71. The largest absolute Gasteiger partial charge is 0.493 e. The Morgan fingerprint density at radius 2 is 1.68 bits per heavy atom. The number of nitro benzene ring substituents is 1. The van der Waals surface area contributed by atoms with E-state index in [1.807, 2.05) is 6.92 Å². The molecule has 0 radical (unpaired) electrons. The van der Waals surface area contributed by atoms with Gasteiger partial charge in [0.25, 0.3) is 5.69 Å². The summed E-state index contributed by atoms with van der Waals surface area (Å²) in [4.78, 5) is 10.1. The van der Waals surface area contributed by atoms with Crippen LogP contribution in [0.1, 0.15) is 5.56 Å². The molecule has 8 heteroatoms. The van der Waals surface area contributed by atoms with Crippen molar-refractivity contribution in [1.82, 2.24) is 0 Å². The number of nitro groups is 1. The number of aryl methyl sites for hydroxylation is 1. The van der Waals surface area contributed by atoms with E-state index < -0.39 is 15.0 Å². The number of ether oxygens (including phenoxy) is 1. The van der Waals surface area contributed by atoms with Crippen molar-refractivity contribution < 1.29 is 22.3 Å². The summed E-state index contributed by atoms with van der Waals surface area (Å²) in [6.07, 6.45) is 0. The Bertz CT molecular complexity index is 799. The zero-order valence-electron chi connectivity index (χ0n) is 11.8. The monoisotopic (exact) mass is 323 g/mol. The van der Waals surface area contributed by atoms with Gasteiger partial charge >= 0.3 is 10.1 Å². The van der Waals surface area contributed by atoms with E-state index >= 15 is 0 Å². The lowest BCUT2D eigenvalue weighted by Crippen LogP contribution is -2.10. The highest BCUT2D eigenvalue weighted by Crippen LogP contribution is 2.33. The van der Waals surface area contributed by atoms with E-state index in [0.29, 0.717) is 0 Å². The van der Waals surface area contributed by atoms with Crippen molar-refractivity contribution in [3.8, 4) is 11.5 Å². The normalized spacial score (nSPS) is 11.0. The quantitative estimate of drug-likeness (QED) is 0.477. The summed E-state index contributed by atoms with van der Waals surface area (Å²) < 4.78 is 34.3. The number of methoxy groups -OCH3 is 1. The van der Waals surface area contributed by atoms with Crippen LogP contribution in [0.3, 0.4) is 0 Å². The smallest absolute Gasteiger partial charge is 0.339 e. The maximum absolute atomic E-state index is 12.2. The second-order valence-electron chi connectivity index (χ2n) is 4.44. The Kier molecular flexibility index (Phi) is 4.32. The fourth-order valence-corrected chi connectivity index (χ4v) is 2.65. The molecule has 0 spiro atoms. The Hall–Kier alpha value is -2.61. The van der Waals surface area contributed by atoms with Crippen molar-refractivity contribution in [2.24, 2.45) is 0 Å². The molecule has 0 aliphatic carbocycles. The fraction of sp³-hybridized carbons (Fsp3) is 0.143. The molecule has 2 aromatic carbocycles. The summed E-state index contributed by atoms with van der Waals surface area (Å²) >= 11 is 0. The van der Waals surface area contributed by atoms with Gasteiger partial charge in [0.1, 0.15) is 4.90 Å². The number of non-ortho nitro benzene ring substituents is 1. The van der Waals surface area contributed by atoms with Gasteiger partial charge in [0.15, 0.2) is 11.5 Å². The van der Waals surface area contributed by atoms with Crippen molar-refractivity contribution in [2.45, 2.75) is 11.8 Å². The lowest BCUT2D eigenvalue weighted by atomic mass is 10.2. The second kappa shape index (κ2) is 6.02. The van der Waals surface area contributed by atoms with Crippen LogP contribution in [0.15, 0.2) is 47.4 Å². The predicted octanol–water partition coefficient (Wildman–Crippen LogP) is 2.68. The molecule has 0 atom stereocenters. The van der Waals surface area contributed by atoms with E-state index in [-0.39, 0.29) is 22.1 Å². The molecule has 7 nitrogen and oxygen atoms in total. The lowest BCUT2D eigenvalue weighted by Gasteiger charge is -2.10. The van der Waals surface area contributed by atoms with Crippen LogP contribution in [0.25, 0.3) is 0 Å². The molecule has 0 aliphatic heterocycles. The van der Waals surface area contributed by atoms with Crippen LogP contribution in [0.2, 0.25) is 0 Å². The standard InChI is InChI=1S/C14H13NO6S/c1-10-3-6-12(7-4-10)22(18,19)21-13-8-5-11(15(16)17)9-14(13)20-2/h3-9H,1-2H3. The maximum Gasteiger partial charge on any atom is 0.339 e. The van der Waals surface area contributed by atoms with E-state index in [4.69, 9.17) is 8.92 Å². The summed E-state index contributed by atoms with van der Waals surface area (Å²) in [6, 6.07) is 9.54. The van der Waals surface area contributed by atoms with Crippen LogP contribution in [-0.2, 0) is 10.1 Å². The minimum Gasteiger partial charge on any atom is -0.493 e. The Morgan fingerprint density at radius 3 is 2.23 bits per heavy atom. The third-order valence-electron chi connectivity index (χ3n) is 2.87. The number of benzene rings is 2. The van der Waals surface area contributed by atoms with Gasteiger partial charge in [-0.2, -0.15) is 8.42 Å². The summed E-state index contributed by atoms with van der Waals surface area (Å²) in [5.74, 6) is -0.154. The van der Waals surface area contributed by atoms with Crippen molar-refractivity contribution >= 4 is 15.8 Å². The number of rotatable bonds is 5. The van der Waals surface area contributed by atoms with Gasteiger partial charge in [-0.1, -0.05) is 17.7 Å². The first-order valence-corrected chi connectivity index (χ1v) is 7.58. The predicted molar refractivity (Wildman–Crippen MR) is 78.6 cm³/mol. The van der Waals surface area contributed by atoms with Crippen molar-refractivity contribution in [3.05, 3.63) is 58.1 Å². The molecule has 0 bridgehead atoms. The SMILES string of the molecule is COc1cc([N+](=O)[O-])ccc1OS(=O)(=O)c1ccc(C)cc1. The van der Waals surface area contributed by atoms with Crippen molar-refractivity contribution in [3.63, 3.8) is 0 Å². The minimum atomic E-state index is -4.05. The molecule has 0 saturated heterocycles. The minimum absolute atomic E-state index is 0.0153. The Morgan fingerprint density at radius 1 is 1.05 bits per heavy atom. The molecule has 0 N–H and O–H groups in total. The van der Waals surface area contributed by atoms with Gasteiger partial charge in [0.05, 0.1) is 18.1 Å². The molecular weight excluding hydrogens is 310 g/mol. The Labute approximate surface area is 127 Å². The zero-order chi connectivity index (χ0) is 16.3. The molecule has 0 amide bonds. The second-order valence-corrected chi connectivity index (χ2v) is 5.99. The molecule has 116 valence electrons. The topological polar surface area (TPSA) is 95.7 Å². The van der Waals surface area contributed by atoms with E-state index in [9.17, 15) is 18.5 Å². The Balaban J connectivity index is 2.37. The summed E-state index contributed by atoms with van der Waals surface area (Å²) in [7, 11) is -2.78. The first kappa shape index (κ1) is 15.8. The van der Waals surface area contributed by atoms with Crippen LogP contribution < -0.4 is 8.92 Å². The van der Waals surface area contributed by atoms with Gasteiger partial charge < -0.3 is 8.92 Å². The zero-order valence-corrected chi connectivity index (χ0v) is 12.7. The first-order chi connectivity index (χ1) is 10.3. The van der Waals surface area contributed by atoms with Crippen LogP contribution in [0.5, 0.6) is 11.5 Å². The molecule has 0 unspecified atom stereocenters. The average molecular weight is 323 g/mol. The van der Waals surface area contributed by atoms with Crippen LogP contribution in [0.4, 0.5) is 5.69 Å². The summed E-state index contributed by atoms with van der Waals surface area (Å²) in [5, 5.41) is 10.7. The highest BCUT2D eigenvalue weighted by Gasteiger charge is 2.20. The van der Waals surface area contributed by atoms with Gasteiger partial charge in [0.2, 0.25) is 0 Å². The highest BCUT2D eigenvalue weighted by molar-refractivity contribution is 7.87. The number of nitrogens with zero attached hydrogens (tertiary/aromatic N) is 1. The van der Waals surface area contributed by atoms with Gasteiger partial charge in [-0.3, -0.25) is 10.1 Å². The van der Waals surface area contributed by atoms with Crippen LogP contribution in [-0.4, -0.2) is 20.5 Å². The van der Waals surface area contributed by atoms with E-state index in [2.05, 4.69) is 0 Å². The summed E-state index contributed by atoms with van der Waals surface area (Å²) in [6.45, 7) is 1.83. The molecule has 0 fully saturated rings. The van der Waals surface area contributed by atoms with Gasteiger partial charge in [0, 0.05) is 6.07 Å². The van der Waals surface area contributed by atoms with Gasteiger partial charge in [-0.05, 0) is 25.1 Å². The van der Waals surface area contributed by atoms with Crippen LogP contribution in [0, 0.1) is 17.0 Å². The van der Waals surface area contributed by atoms with E-state index in [0.717, 1.165) is 17.7 Å². The molecule has 2 aromatic rings. The third kappa shape index (κ3) is 3.34. The molecule has 22 heavy (non-hydrogen) atoms. The van der Waals surface area contributed by atoms with Crippen molar-refractivity contribution in [2.75, 3.05) is 7.11 Å². The molecule has 0 saturated carbocycles. The average Bonchev–Trinajstić information content (AvgIpc) is 2.47. The maximum atomic E-state index is 12.2. The number of hydrogen-bond acceptors (Lipinski definition) is 6. The highest BCUT2D eigenvalue weighted by atomic mass is 32.2. The molecule has 0 aromatic heterocycles. The first-order valence-electron chi connectivity index (χ1n) is 6.17. The number of hydrogen-bond donors (Lipinski definition) is 0. The third-order valence-corrected chi connectivity index (χ3v) is 4.12. The lowest BCUT2D eigenvalue weighted by molar-refractivity contribution is -0.384.